The van der Waals surface area contributed by atoms with Crippen molar-refractivity contribution in [2.24, 2.45) is 5.41 Å². The first-order valence-corrected chi connectivity index (χ1v) is 6.74. The Labute approximate surface area is 114 Å². The highest BCUT2D eigenvalue weighted by Gasteiger charge is 2.40. The number of carbonyl (C=O) groups is 1. The van der Waals surface area contributed by atoms with Gasteiger partial charge in [-0.15, -0.1) is 0 Å². The Morgan fingerprint density at radius 3 is 2.74 bits per heavy atom. The monoisotopic (exact) mass is 262 g/mol. The van der Waals surface area contributed by atoms with Gasteiger partial charge in [0.1, 0.15) is 0 Å². The minimum Gasteiger partial charge on any atom is -0.391 e. The molecule has 2 rings (SSSR count). The zero-order valence-electron chi connectivity index (χ0n) is 12.1. The smallest absolute Gasteiger partial charge is 0.254 e. The van der Waals surface area contributed by atoms with Gasteiger partial charge < -0.3 is 10.0 Å². The molecule has 0 aromatic carbocycles. The number of aliphatic hydroxyl groups is 1. The standard InChI is InChI=1S/C15H22N2O2/c1-10(2)12-7-11(5-6-16-12)14(19)17-8-13(18)15(3,4)9-17/h5-7,10,13,18H,8-9H2,1-4H3. The zero-order valence-corrected chi connectivity index (χ0v) is 12.1. The molecule has 1 aromatic rings. The topological polar surface area (TPSA) is 53.4 Å². The predicted octanol–water partition coefficient (Wildman–Crippen LogP) is 2.05. The summed E-state index contributed by atoms with van der Waals surface area (Å²) in [5.41, 5.74) is 1.34. The van der Waals surface area contributed by atoms with E-state index in [1.54, 1.807) is 17.2 Å². The van der Waals surface area contributed by atoms with Gasteiger partial charge in [-0.25, -0.2) is 0 Å². The lowest BCUT2D eigenvalue weighted by Gasteiger charge is -2.21. The number of rotatable bonds is 2. The largest absolute Gasteiger partial charge is 0.391 e. The molecule has 19 heavy (non-hydrogen) atoms. The van der Waals surface area contributed by atoms with Gasteiger partial charge in [-0.3, -0.25) is 9.78 Å². The van der Waals surface area contributed by atoms with Gasteiger partial charge >= 0.3 is 0 Å². The summed E-state index contributed by atoms with van der Waals surface area (Å²) in [7, 11) is 0. The fourth-order valence-electron chi connectivity index (χ4n) is 2.35. The van der Waals surface area contributed by atoms with Crippen LogP contribution >= 0.6 is 0 Å². The van der Waals surface area contributed by atoms with E-state index in [-0.39, 0.29) is 11.3 Å². The van der Waals surface area contributed by atoms with Gasteiger partial charge in [-0.1, -0.05) is 27.7 Å². The SMILES string of the molecule is CC(C)c1cc(C(=O)N2CC(O)C(C)(C)C2)ccn1. The van der Waals surface area contributed by atoms with Crippen molar-refractivity contribution in [3.63, 3.8) is 0 Å². The Kier molecular flexibility index (Phi) is 3.63. The molecule has 4 heteroatoms. The van der Waals surface area contributed by atoms with E-state index < -0.39 is 6.10 Å². The van der Waals surface area contributed by atoms with Gasteiger partial charge in [0.15, 0.2) is 0 Å². The van der Waals surface area contributed by atoms with Gasteiger partial charge in [0.25, 0.3) is 5.91 Å². The molecule has 1 aliphatic rings. The van der Waals surface area contributed by atoms with E-state index in [0.29, 0.717) is 24.6 Å². The van der Waals surface area contributed by atoms with Gasteiger partial charge in [0, 0.05) is 36.0 Å². The first-order chi connectivity index (χ1) is 8.81. The van der Waals surface area contributed by atoms with E-state index in [2.05, 4.69) is 18.8 Å². The molecule has 1 aromatic heterocycles. The number of aliphatic hydroxyl groups excluding tert-OH is 1. The third kappa shape index (κ3) is 2.78. The third-order valence-corrected chi connectivity index (χ3v) is 3.80. The van der Waals surface area contributed by atoms with E-state index in [1.165, 1.54) is 0 Å². The summed E-state index contributed by atoms with van der Waals surface area (Å²) in [6, 6.07) is 3.59. The van der Waals surface area contributed by atoms with Gasteiger partial charge in [0.2, 0.25) is 0 Å². The zero-order chi connectivity index (χ0) is 14.2. The maximum absolute atomic E-state index is 12.4. The summed E-state index contributed by atoms with van der Waals surface area (Å²) in [5.74, 6) is 0.280. The second kappa shape index (κ2) is 4.93. The summed E-state index contributed by atoms with van der Waals surface area (Å²) in [5, 5.41) is 9.96. The Balaban J connectivity index is 2.19. The lowest BCUT2D eigenvalue weighted by molar-refractivity contribution is 0.0762. The number of carbonyl (C=O) groups excluding carboxylic acids is 1. The number of likely N-dealkylation sites (tertiary alicyclic amines) is 1. The highest BCUT2D eigenvalue weighted by atomic mass is 16.3. The molecule has 2 heterocycles. The van der Waals surface area contributed by atoms with Gasteiger partial charge in [-0.2, -0.15) is 0 Å². The molecule has 0 bridgehead atoms. The van der Waals surface area contributed by atoms with Crippen LogP contribution in [0.5, 0.6) is 0 Å². The van der Waals surface area contributed by atoms with Crippen LogP contribution in [0.4, 0.5) is 0 Å². The van der Waals surface area contributed by atoms with Crippen molar-refractivity contribution in [3.8, 4) is 0 Å². The number of hydrogen-bond donors (Lipinski definition) is 1. The van der Waals surface area contributed by atoms with Crippen molar-refractivity contribution in [1.29, 1.82) is 0 Å². The number of nitrogens with zero attached hydrogens (tertiary/aromatic N) is 2. The Morgan fingerprint density at radius 1 is 1.53 bits per heavy atom. The van der Waals surface area contributed by atoms with E-state index in [4.69, 9.17) is 0 Å². The van der Waals surface area contributed by atoms with Crippen LogP contribution < -0.4 is 0 Å². The second-order valence-corrected chi connectivity index (χ2v) is 6.31. The van der Waals surface area contributed by atoms with E-state index in [9.17, 15) is 9.90 Å². The first kappa shape index (κ1) is 14.0. The van der Waals surface area contributed by atoms with Crippen LogP contribution in [0.25, 0.3) is 0 Å². The van der Waals surface area contributed by atoms with Crippen LogP contribution in [-0.4, -0.2) is 40.1 Å². The highest BCUT2D eigenvalue weighted by Crippen LogP contribution is 2.30. The van der Waals surface area contributed by atoms with Crippen LogP contribution in [-0.2, 0) is 0 Å². The summed E-state index contributed by atoms with van der Waals surface area (Å²) in [4.78, 5) is 18.4. The van der Waals surface area contributed by atoms with Crippen LogP contribution in [0.3, 0.4) is 0 Å². The Bertz CT molecular complexity index is 483. The van der Waals surface area contributed by atoms with E-state index in [0.717, 1.165) is 5.69 Å². The molecule has 4 nitrogen and oxygen atoms in total. The predicted molar refractivity (Wildman–Crippen MR) is 74.0 cm³/mol. The molecule has 1 aliphatic heterocycles. The molecule has 1 saturated heterocycles. The summed E-state index contributed by atoms with van der Waals surface area (Å²) >= 11 is 0. The molecule has 0 saturated carbocycles. The Morgan fingerprint density at radius 2 is 2.21 bits per heavy atom. The van der Waals surface area contributed by atoms with Crippen LogP contribution in [0.2, 0.25) is 0 Å². The van der Waals surface area contributed by atoms with Gasteiger partial charge in [0.05, 0.1) is 6.10 Å². The average molecular weight is 262 g/mol. The normalized spacial score (nSPS) is 22.0. The number of β-amino-alcohol motifs (C(OH)–C–C–N with tert-alkyl or cyclic N) is 1. The molecule has 1 fully saturated rings. The molecule has 0 aliphatic carbocycles. The summed E-state index contributed by atoms with van der Waals surface area (Å²) < 4.78 is 0. The van der Waals surface area contributed by atoms with Crippen LogP contribution in [0, 0.1) is 5.41 Å². The van der Waals surface area contributed by atoms with Crippen LogP contribution in [0.15, 0.2) is 18.3 Å². The molecular formula is C15H22N2O2. The minimum absolute atomic E-state index is 0.0195. The summed E-state index contributed by atoms with van der Waals surface area (Å²) in [6.45, 7) is 9.07. The molecule has 1 amide bonds. The first-order valence-electron chi connectivity index (χ1n) is 6.74. The van der Waals surface area contributed by atoms with E-state index >= 15 is 0 Å². The number of aromatic nitrogens is 1. The molecule has 1 N–H and O–H groups in total. The molecule has 104 valence electrons. The van der Waals surface area contributed by atoms with Crippen molar-refractivity contribution in [1.82, 2.24) is 9.88 Å². The maximum atomic E-state index is 12.4. The van der Waals surface area contributed by atoms with E-state index in [1.807, 2.05) is 19.9 Å². The second-order valence-electron chi connectivity index (χ2n) is 6.31. The molecule has 0 radical (unpaired) electrons. The fourth-order valence-corrected chi connectivity index (χ4v) is 2.35. The van der Waals surface area contributed by atoms with Crippen molar-refractivity contribution in [3.05, 3.63) is 29.6 Å². The van der Waals surface area contributed by atoms with Gasteiger partial charge in [-0.05, 0) is 18.1 Å². The van der Waals surface area contributed by atoms with Crippen molar-refractivity contribution >= 4 is 5.91 Å². The maximum Gasteiger partial charge on any atom is 0.254 e. The Hall–Kier alpha value is -1.42. The molecule has 1 atom stereocenters. The molecular weight excluding hydrogens is 240 g/mol. The van der Waals surface area contributed by atoms with Crippen LogP contribution in [0.1, 0.15) is 49.7 Å². The lowest BCUT2D eigenvalue weighted by atomic mass is 9.90. The number of pyridine rings is 1. The highest BCUT2D eigenvalue weighted by molar-refractivity contribution is 5.94. The van der Waals surface area contributed by atoms with Crippen molar-refractivity contribution in [2.45, 2.75) is 39.7 Å². The quantitative estimate of drug-likeness (QED) is 0.887. The average Bonchev–Trinajstić information content (AvgIpc) is 2.63. The minimum atomic E-state index is -0.456. The number of hydrogen-bond acceptors (Lipinski definition) is 3. The lowest BCUT2D eigenvalue weighted by Crippen LogP contribution is -2.30. The number of amides is 1. The van der Waals surface area contributed by atoms with Crippen molar-refractivity contribution in [2.75, 3.05) is 13.1 Å². The fraction of sp³-hybridized carbons (Fsp3) is 0.600. The van der Waals surface area contributed by atoms with Crippen molar-refractivity contribution < 1.29 is 9.90 Å². The third-order valence-electron chi connectivity index (χ3n) is 3.80. The summed E-state index contributed by atoms with van der Waals surface area (Å²) in [6.07, 6.45) is 1.23. The molecule has 1 unspecified atom stereocenters. The molecule has 0 spiro atoms.